The van der Waals surface area contributed by atoms with E-state index in [0.29, 0.717) is 11.6 Å². The second kappa shape index (κ2) is 6.92. The average molecular weight is 313 g/mol. The molecule has 1 amide bonds. The van der Waals surface area contributed by atoms with Crippen LogP contribution in [0.3, 0.4) is 0 Å². The minimum absolute atomic E-state index is 0.000267. The van der Waals surface area contributed by atoms with Gasteiger partial charge in [0, 0.05) is 29.9 Å². The zero-order chi connectivity index (χ0) is 15.4. The second-order valence-electron chi connectivity index (χ2n) is 5.57. The third-order valence-electron chi connectivity index (χ3n) is 3.80. The van der Waals surface area contributed by atoms with Crippen LogP contribution >= 0.6 is 11.8 Å². The molecule has 1 aliphatic rings. The number of aromatic nitrogens is 2. The van der Waals surface area contributed by atoms with E-state index < -0.39 is 0 Å². The fourth-order valence-corrected chi connectivity index (χ4v) is 3.60. The molecule has 2 aromatic rings. The SMILES string of the molecule is Cc1cnc(C(=O)N2CCC(CSc3ccccc3)C2)cn1. The van der Waals surface area contributed by atoms with E-state index in [1.807, 2.05) is 29.7 Å². The van der Waals surface area contributed by atoms with Crippen LogP contribution in [0.4, 0.5) is 0 Å². The molecule has 0 radical (unpaired) electrons. The lowest BCUT2D eigenvalue weighted by molar-refractivity contribution is 0.0782. The molecule has 1 saturated heterocycles. The molecule has 4 nitrogen and oxygen atoms in total. The van der Waals surface area contributed by atoms with E-state index in [4.69, 9.17) is 0 Å². The van der Waals surface area contributed by atoms with Crippen LogP contribution in [0.5, 0.6) is 0 Å². The summed E-state index contributed by atoms with van der Waals surface area (Å²) in [7, 11) is 0. The van der Waals surface area contributed by atoms with Crippen LogP contribution < -0.4 is 0 Å². The summed E-state index contributed by atoms with van der Waals surface area (Å²) < 4.78 is 0. The third kappa shape index (κ3) is 3.65. The van der Waals surface area contributed by atoms with E-state index in [1.54, 1.807) is 12.4 Å². The normalized spacial score (nSPS) is 17.7. The molecule has 1 aromatic heterocycles. The molecular weight excluding hydrogens is 294 g/mol. The van der Waals surface area contributed by atoms with E-state index in [9.17, 15) is 4.79 Å². The summed E-state index contributed by atoms with van der Waals surface area (Å²) in [5, 5.41) is 0. The maximum Gasteiger partial charge on any atom is 0.274 e. The topological polar surface area (TPSA) is 46.1 Å². The van der Waals surface area contributed by atoms with Crippen LogP contribution in [0, 0.1) is 12.8 Å². The lowest BCUT2D eigenvalue weighted by atomic mass is 10.2. The molecule has 114 valence electrons. The molecule has 1 aromatic carbocycles. The van der Waals surface area contributed by atoms with E-state index >= 15 is 0 Å². The minimum atomic E-state index is -0.000267. The van der Waals surface area contributed by atoms with Crippen molar-refractivity contribution >= 4 is 17.7 Å². The summed E-state index contributed by atoms with van der Waals surface area (Å²) in [6, 6.07) is 10.4. The van der Waals surface area contributed by atoms with Crippen molar-refractivity contribution in [2.24, 2.45) is 5.92 Å². The average Bonchev–Trinajstić information content (AvgIpc) is 3.03. The summed E-state index contributed by atoms with van der Waals surface area (Å²) in [5.41, 5.74) is 1.28. The Morgan fingerprint density at radius 3 is 2.82 bits per heavy atom. The molecule has 0 N–H and O–H groups in total. The molecule has 1 aliphatic heterocycles. The molecule has 5 heteroatoms. The second-order valence-corrected chi connectivity index (χ2v) is 6.67. The molecule has 0 spiro atoms. The van der Waals surface area contributed by atoms with Gasteiger partial charge in [-0.1, -0.05) is 18.2 Å². The zero-order valence-corrected chi connectivity index (χ0v) is 13.4. The Bertz CT molecular complexity index is 630. The number of hydrogen-bond donors (Lipinski definition) is 0. The summed E-state index contributed by atoms with van der Waals surface area (Å²) >= 11 is 1.86. The van der Waals surface area contributed by atoms with Gasteiger partial charge in [0.05, 0.1) is 11.9 Å². The van der Waals surface area contributed by atoms with Gasteiger partial charge < -0.3 is 4.90 Å². The van der Waals surface area contributed by atoms with Crippen LogP contribution in [0.2, 0.25) is 0 Å². The molecule has 0 saturated carbocycles. The summed E-state index contributed by atoms with van der Waals surface area (Å²) in [6.07, 6.45) is 4.28. The van der Waals surface area contributed by atoms with Crippen molar-refractivity contribution < 1.29 is 4.79 Å². The number of aryl methyl sites for hydroxylation is 1. The van der Waals surface area contributed by atoms with Crippen molar-refractivity contribution in [3.8, 4) is 0 Å². The Kier molecular flexibility index (Phi) is 4.73. The summed E-state index contributed by atoms with van der Waals surface area (Å²) in [5.74, 6) is 1.60. The molecular formula is C17H19N3OS. The predicted molar refractivity (Wildman–Crippen MR) is 87.9 cm³/mol. The van der Waals surface area contributed by atoms with Crippen LogP contribution in [0.1, 0.15) is 22.6 Å². The van der Waals surface area contributed by atoms with Crippen molar-refractivity contribution in [1.29, 1.82) is 0 Å². The number of hydrogen-bond acceptors (Lipinski definition) is 4. The third-order valence-corrected chi connectivity index (χ3v) is 5.05. The van der Waals surface area contributed by atoms with Crippen LogP contribution in [0.25, 0.3) is 0 Å². The van der Waals surface area contributed by atoms with Gasteiger partial charge in [0.25, 0.3) is 5.91 Å². The molecule has 0 aliphatic carbocycles. The minimum Gasteiger partial charge on any atom is -0.337 e. The zero-order valence-electron chi connectivity index (χ0n) is 12.6. The molecule has 2 heterocycles. The molecule has 3 rings (SSSR count). The Hall–Kier alpha value is -1.88. The molecule has 1 atom stereocenters. The van der Waals surface area contributed by atoms with E-state index in [1.165, 1.54) is 4.90 Å². The Balaban J connectivity index is 1.53. The van der Waals surface area contributed by atoms with E-state index in [-0.39, 0.29) is 5.91 Å². The maximum atomic E-state index is 12.4. The van der Waals surface area contributed by atoms with Gasteiger partial charge in [0.2, 0.25) is 0 Å². The fourth-order valence-electron chi connectivity index (χ4n) is 2.55. The standard InChI is InChI=1S/C17H19N3OS/c1-13-9-19-16(10-18-13)17(21)20-8-7-14(11-20)12-22-15-5-3-2-4-6-15/h2-6,9-10,14H,7-8,11-12H2,1H3. The monoisotopic (exact) mass is 313 g/mol. The number of nitrogens with zero attached hydrogens (tertiary/aromatic N) is 3. The van der Waals surface area contributed by atoms with Crippen molar-refractivity contribution in [3.63, 3.8) is 0 Å². The van der Waals surface area contributed by atoms with Crippen molar-refractivity contribution in [3.05, 3.63) is 54.1 Å². The molecule has 1 fully saturated rings. The highest BCUT2D eigenvalue weighted by atomic mass is 32.2. The maximum absolute atomic E-state index is 12.4. The Labute approximate surface area is 135 Å². The lowest BCUT2D eigenvalue weighted by Crippen LogP contribution is -2.29. The van der Waals surface area contributed by atoms with Gasteiger partial charge in [-0.05, 0) is 31.4 Å². The highest BCUT2D eigenvalue weighted by molar-refractivity contribution is 7.99. The van der Waals surface area contributed by atoms with Gasteiger partial charge in [-0.15, -0.1) is 11.8 Å². The number of benzene rings is 1. The van der Waals surface area contributed by atoms with Crippen LogP contribution in [-0.2, 0) is 0 Å². The first-order valence-corrected chi connectivity index (χ1v) is 8.46. The van der Waals surface area contributed by atoms with Gasteiger partial charge in [-0.25, -0.2) is 4.98 Å². The van der Waals surface area contributed by atoms with Crippen molar-refractivity contribution in [2.45, 2.75) is 18.2 Å². The molecule has 22 heavy (non-hydrogen) atoms. The first-order valence-electron chi connectivity index (χ1n) is 7.48. The van der Waals surface area contributed by atoms with Crippen LogP contribution in [0.15, 0.2) is 47.6 Å². The summed E-state index contributed by atoms with van der Waals surface area (Å²) in [4.78, 5) is 23.9. The van der Waals surface area contributed by atoms with Gasteiger partial charge in [-0.3, -0.25) is 9.78 Å². The number of carbonyl (C=O) groups is 1. The van der Waals surface area contributed by atoms with Gasteiger partial charge >= 0.3 is 0 Å². The van der Waals surface area contributed by atoms with Crippen molar-refractivity contribution in [1.82, 2.24) is 14.9 Å². The smallest absolute Gasteiger partial charge is 0.274 e. The van der Waals surface area contributed by atoms with Gasteiger partial charge in [0.15, 0.2) is 0 Å². The molecule has 1 unspecified atom stereocenters. The predicted octanol–water partition coefficient (Wildman–Crippen LogP) is 3.04. The summed E-state index contributed by atoms with van der Waals surface area (Å²) in [6.45, 7) is 3.50. The van der Waals surface area contributed by atoms with Gasteiger partial charge in [0.1, 0.15) is 5.69 Å². The van der Waals surface area contributed by atoms with E-state index in [0.717, 1.165) is 31.0 Å². The number of amides is 1. The molecule has 0 bridgehead atoms. The van der Waals surface area contributed by atoms with Crippen LogP contribution in [-0.4, -0.2) is 39.6 Å². The number of likely N-dealkylation sites (tertiary alicyclic amines) is 1. The number of rotatable bonds is 4. The number of thioether (sulfide) groups is 1. The first kappa shape index (κ1) is 15.0. The van der Waals surface area contributed by atoms with Gasteiger partial charge in [-0.2, -0.15) is 0 Å². The Morgan fingerprint density at radius 2 is 2.09 bits per heavy atom. The highest BCUT2D eigenvalue weighted by Gasteiger charge is 2.27. The first-order chi connectivity index (χ1) is 10.7. The lowest BCUT2D eigenvalue weighted by Gasteiger charge is -2.15. The Morgan fingerprint density at radius 1 is 1.27 bits per heavy atom. The number of carbonyl (C=O) groups excluding carboxylic acids is 1. The van der Waals surface area contributed by atoms with E-state index in [2.05, 4.69) is 34.2 Å². The largest absolute Gasteiger partial charge is 0.337 e. The van der Waals surface area contributed by atoms with Crippen molar-refractivity contribution in [2.75, 3.05) is 18.8 Å². The fraction of sp³-hybridized carbons (Fsp3) is 0.353. The highest BCUT2D eigenvalue weighted by Crippen LogP contribution is 2.26. The quantitative estimate of drug-likeness (QED) is 0.814.